The molecule has 0 saturated heterocycles. The van der Waals surface area contributed by atoms with Gasteiger partial charge in [0.05, 0.1) is 0 Å². The van der Waals surface area contributed by atoms with E-state index < -0.39 is 0 Å². The molecule has 0 bridgehead atoms. The molecule has 0 amide bonds. The molecular weight excluding hydrogens is 214 g/mol. The summed E-state index contributed by atoms with van der Waals surface area (Å²) in [6, 6.07) is 0.834. The molecule has 0 aromatic carbocycles. The Kier molecular flexibility index (Phi) is 5.51. The minimum Gasteiger partial charge on any atom is -0.313 e. The lowest BCUT2D eigenvalue weighted by Gasteiger charge is -2.25. The number of thioether (sulfide) groups is 1. The minimum absolute atomic E-state index is 0.810. The number of hydrogen-bond acceptors (Lipinski definition) is 2. The van der Waals surface area contributed by atoms with E-state index in [1.165, 1.54) is 64.3 Å². The summed E-state index contributed by atoms with van der Waals surface area (Å²) in [7, 11) is 0. The van der Waals surface area contributed by atoms with Crippen molar-refractivity contribution >= 4 is 11.8 Å². The number of hydrogen-bond donors (Lipinski definition) is 1. The molecule has 0 radical (unpaired) electrons. The Hall–Kier alpha value is 0.310. The standard InChI is InChI=1S/C14H27NS/c1-12(16-14-9-5-6-10-14)11-15-13-7-3-2-4-8-13/h12-15H,2-11H2,1H3. The van der Waals surface area contributed by atoms with Crippen LogP contribution in [0.3, 0.4) is 0 Å². The predicted octanol–water partition coefficient (Wildman–Crippen LogP) is 3.97. The third kappa shape index (κ3) is 4.29. The van der Waals surface area contributed by atoms with Gasteiger partial charge in [-0.1, -0.05) is 39.0 Å². The summed E-state index contributed by atoms with van der Waals surface area (Å²) >= 11 is 2.23. The van der Waals surface area contributed by atoms with Crippen molar-refractivity contribution in [1.82, 2.24) is 5.32 Å². The third-order valence-corrected chi connectivity index (χ3v) is 5.51. The van der Waals surface area contributed by atoms with E-state index in [0.29, 0.717) is 0 Å². The molecule has 1 atom stereocenters. The molecule has 0 heterocycles. The monoisotopic (exact) mass is 241 g/mol. The van der Waals surface area contributed by atoms with Gasteiger partial charge in [0.1, 0.15) is 0 Å². The van der Waals surface area contributed by atoms with Gasteiger partial charge in [0.2, 0.25) is 0 Å². The lowest BCUT2D eigenvalue weighted by atomic mass is 9.95. The Balaban J connectivity index is 1.57. The van der Waals surface area contributed by atoms with Crippen LogP contribution >= 0.6 is 11.8 Å². The van der Waals surface area contributed by atoms with E-state index >= 15 is 0 Å². The molecule has 2 aliphatic carbocycles. The van der Waals surface area contributed by atoms with Crippen molar-refractivity contribution < 1.29 is 0 Å². The summed E-state index contributed by atoms with van der Waals surface area (Å²) in [6.45, 7) is 3.63. The second-order valence-corrected chi connectivity index (χ2v) is 7.34. The second kappa shape index (κ2) is 6.90. The van der Waals surface area contributed by atoms with Crippen molar-refractivity contribution in [2.24, 2.45) is 0 Å². The smallest absolute Gasteiger partial charge is 0.0147 e. The van der Waals surface area contributed by atoms with E-state index in [2.05, 4.69) is 24.0 Å². The average molecular weight is 241 g/mol. The zero-order valence-corrected chi connectivity index (χ0v) is 11.5. The molecule has 1 N–H and O–H groups in total. The molecular formula is C14H27NS. The first-order chi connectivity index (χ1) is 7.84. The van der Waals surface area contributed by atoms with Crippen LogP contribution in [-0.4, -0.2) is 23.1 Å². The fourth-order valence-electron chi connectivity index (χ4n) is 3.04. The normalized spacial score (nSPS) is 26.1. The van der Waals surface area contributed by atoms with Gasteiger partial charge in [-0.15, -0.1) is 0 Å². The highest BCUT2D eigenvalue weighted by atomic mass is 32.2. The van der Waals surface area contributed by atoms with Crippen molar-refractivity contribution in [1.29, 1.82) is 0 Å². The van der Waals surface area contributed by atoms with Crippen molar-refractivity contribution in [2.45, 2.75) is 81.3 Å². The summed E-state index contributed by atoms with van der Waals surface area (Å²) in [5.41, 5.74) is 0. The van der Waals surface area contributed by atoms with Crippen LogP contribution in [0.25, 0.3) is 0 Å². The van der Waals surface area contributed by atoms with Crippen LogP contribution in [0.15, 0.2) is 0 Å². The van der Waals surface area contributed by atoms with E-state index in [9.17, 15) is 0 Å². The summed E-state index contributed by atoms with van der Waals surface area (Å²) in [5.74, 6) is 0. The van der Waals surface area contributed by atoms with Gasteiger partial charge in [-0.25, -0.2) is 0 Å². The van der Waals surface area contributed by atoms with Crippen molar-refractivity contribution in [3.05, 3.63) is 0 Å². The lowest BCUT2D eigenvalue weighted by Crippen LogP contribution is -2.35. The molecule has 0 spiro atoms. The van der Waals surface area contributed by atoms with Crippen LogP contribution in [-0.2, 0) is 0 Å². The molecule has 2 heteroatoms. The third-order valence-electron chi connectivity index (χ3n) is 4.03. The van der Waals surface area contributed by atoms with E-state index in [0.717, 1.165) is 16.5 Å². The fourth-order valence-corrected chi connectivity index (χ4v) is 4.50. The molecule has 0 aromatic rings. The van der Waals surface area contributed by atoms with Crippen LogP contribution in [0.2, 0.25) is 0 Å². The second-order valence-electron chi connectivity index (χ2n) is 5.60. The number of nitrogens with one attached hydrogen (secondary N) is 1. The first-order valence-corrected chi connectivity index (χ1v) is 8.18. The average Bonchev–Trinajstić information content (AvgIpc) is 2.81. The SMILES string of the molecule is CC(CNC1CCCCC1)SC1CCCC1. The Morgan fingerprint density at radius 3 is 2.31 bits per heavy atom. The molecule has 0 aliphatic heterocycles. The highest BCUT2D eigenvalue weighted by Gasteiger charge is 2.19. The molecule has 2 fully saturated rings. The summed E-state index contributed by atoms with van der Waals surface area (Å²) < 4.78 is 0. The fraction of sp³-hybridized carbons (Fsp3) is 1.00. The highest BCUT2D eigenvalue weighted by molar-refractivity contribution is 8.00. The van der Waals surface area contributed by atoms with Crippen molar-refractivity contribution in [3.63, 3.8) is 0 Å². The van der Waals surface area contributed by atoms with E-state index in [4.69, 9.17) is 0 Å². The van der Waals surface area contributed by atoms with Gasteiger partial charge in [0.25, 0.3) is 0 Å². The molecule has 16 heavy (non-hydrogen) atoms. The zero-order chi connectivity index (χ0) is 11.2. The van der Waals surface area contributed by atoms with Gasteiger partial charge in [-0.3, -0.25) is 0 Å². The molecule has 94 valence electrons. The molecule has 2 aliphatic rings. The molecule has 1 nitrogen and oxygen atoms in total. The van der Waals surface area contributed by atoms with Crippen molar-refractivity contribution in [2.75, 3.05) is 6.54 Å². The zero-order valence-electron chi connectivity index (χ0n) is 10.7. The predicted molar refractivity (Wildman–Crippen MR) is 74.2 cm³/mol. The van der Waals surface area contributed by atoms with Gasteiger partial charge in [0.15, 0.2) is 0 Å². The number of rotatable bonds is 5. The summed E-state index contributed by atoms with van der Waals surface area (Å²) in [5, 5.41) is 5.56. The summed E-state index contributed by atoms with van der Waals surface area (Å²) in [6.07, 6.45) is 13.1. The first-order valence-electron chi connectivity index (χ1n) is 7.23. The van der Waals surface area contributed by atoms with Gasteiger partial charge in [0, 0.05) is 23.1 Å². The van der Waals surface area contributed by atoms with Crippen molar-refractivity contribution in [3.8, 4) is 0 Å². The van der Waals surface area contributed by atoms with Gasteiger partial charge in [-0.2, -0.15) is 11.8 Å². The topological polar surface area (TPSA) is 12.0 Å². The lowest BCUT2D eigenvalue weighted by molar-refractivity contribution is 0.375. The Morgan fingerprint density at radius 2 is 1.62 bits per heavy atom. The summed E-state index contributed by atoms with van der Waals surface area (Å²) in [4.78, 5) is 0. The molecule has 2 rings (SSSR count). The Labute approximate surface area is 105 Å². The minimum atomic E-state index is 0.810. The van der Waals surface area contributed by atoms with Gasteiger partial charge < -0.3 is 5.32 Å². The first kappa shape index (κ1) is 12.8. The molecule has 2 saturated carbocycles. The van der Waals surface area contributed by atoms with E-state index in [1.807, 2.05) is 0 Å². The Bertz CT molecular complexity index is 183. The van der Waals surface area contributed by atoms with Crippen LogP contribution in [0.1, 0.15) is 64.7 Å². The maximum atomic E-state index is 3.77. The Morgan fingerprint density at radius 1 is 1.00 bits per heavy atom. The highest BCUT2D eigenvalue weighted by Crippen LogP contribution is 2.32. The van der Waals surface area contributed by atoms with E-state index in [1.54, 1.807) is 0 Å². The van der Waals surface area contributed by atoms with Crippen LogP contribution in [0, 0.1) is 0 Å². The van der Waals surface area contributed by atoms with Crippen LogP contribution < -0.4 is 5.32 Å². The van der Waals surface area contributed by atoms with Gasteiger partial charge in [-0.05, 0) is 25.7 Å². The van der Waals surface area contributed by atoms with Crippen LogP contribution in [0.5, 0.6) is 0 Å². The van der Waals surface area contributed by atoms with E-state index in [-0.39, 0.29) is 0 Å². The quantitative estimate of drug-likeness (QED) is 0.781. The molecule has 1 unspecified atom stereocenters. The molecule has 0 aromatic heterocycles. The van der Waals surface area contributed by atoms with Gasteiger partial charge >= 0.3 is 0 Å². The maximum absolute atomic E-state index is 3.77. The van der Waals surface area contributed by atoms with Crippen LogP contribution in [0.4, 0.5) is 0 Å². The largest absolute Gasteiger partial charge is 0.313 e. The maximum Gasteiger partial charge on any atom is 0.0147 e.